The van der Waals surface area contributed by atoms with Gasteiger partial charge in [0.2, 0.25) is 5.28 Å². The van der Waals surface area contributed by atoms with Crippen LogP contribution in [0.1, 0.15) is 0 Å². The van der Waals surface area contributed by atoms with Crippen molar-refractivity contribution < 1.29 is 0 Å². The second kappa shape index (κ2) is 4.82. The Morgan fingerprint density at radius 2 is 1.89 bits per heavy atom. The van der Waals surface area contributed by atoms with Crippen LogP contribution in [0.3, 0.4) is 0 Å². The summed E-state index contributed by atoms with van der Waals surface area (Å²) in [7, 11) is 1.93. The van der Waals surface area contributed by atoms with Gasteiger partial charge in [-0.15, -0.1) is 0 Å². The molecule has 0 aliphatic heterocycles. The Kier molecular flexibility index (Phi) is 3.01. The van der Waals surface area contributed by atoms with Crippen molar-refractivity contribution in [2.45, 2.75) is 0 Å². The maximum atomic E-state index is 5.99. The Labute approximate surface area is 115 Å². The average molecular weight is 271 g/mol. The first-order chi connectivity index (χ1) is 9.25. The van der Waals surface area contributed by atoms with Gasteiger partial charge in [0, 0.05) is 18.6 Å². The third-order valence-corrected chi connectivity index (χ3v) is 3.08. The first kappa shape index (κ1) is 11.9. The van der Waals surface area contributed by atoms with E-state index in [2.05, 4.69) is 15.0 Å². The highest BCUT2D eigenvalue weighted by atomic mass is 35.5. The normalized spacial score (nSPS) is 10.6. The van der Waals surface area contributed by atoms with Crippen molar-refractivity contribution in [1.82, 2.24) is 15.0 Å². The Morgan fingerprint density at radius 1 is 1.05 bits per heavy atom. The van der Waals surface area contributed by atoms with Crippen LogP contribution < -0.4 is 4.90 Å². The maximum Gasteiger partial charge on any atom is 0.224 e. The molecule has 3 aromatic rings. The fraction of sp³-hybridized carbons (Fsp3) is 0.0714. The van der Waals surface area contributed by atoms with E-state index in [4.69, 9.17) is 11.6 Å². The topological polar surface area (TPSA) is 41.9 Å². The van der Waals surface area contributed by atoms with Crippen molar-refractivity contribution in [3.8, 4) is 0 Å². The van der Waals surface area contributed by atoms with E-state index in [1.807, 2.05) is 48.3 Å². The van der Waals surface area contributed by atoms with Gasteiger partial charge in [0.1, 0.15) is 5.82 Å². The number of hydrogen-bond acceptors (Lipinski definition) is 4. The number of fused-ring (bicyclic) bond motifs is 1. The molecule has 4 nitrogen and oxygen atoms in total. The Hall–Kier alpha value is -2.20. The van der Waals surface area contributed by atoms with Gasteiger partial charge in [-0.2, -0.15) is 4.98 Å². The summed E-state index contributed by atoms with van der Waals surface area (Å²) in [5.41, 5.74) is 1.77. The summed E-state index contributed by atoms with van der Waals surface area (Å²) in [5.74, 6) is 0.767. The lowest BCUT2D eigenvalue weighted by Crippen LogP contribution is -2.12. The van der Waals surface area contributed by atoms with Crippen molar-refractivity contribution in [3.63, 3.8) is 0 Å². The molecule has 0 saturated carbocycles. The summed E-state index contributed by atoms with van der Waals surface area (Å²) >= 11 is 5.99. The molecule has 0 radical (unpaired) electrons. The number of para-hydroxylation sites is 1. The van der Waals surface area contributed by atoms with Gasteiger partial charge in [0.15, 0.2) is 0 Å². The van der Waals surface area contributed by atoms with Gasteiger partial charge in [-0.1, -0.05) is 12.1 Å². The van der Waals surface area contributed by atoms with Crippen LogP contribution in [-0.2, 0) is 0 Å². The SMILES string of the molecule is CN(c1cccnc1)c1nc(Cl)nc2ccccc12. The Balaban J connectivity index is 2.19. The minimum atomic E-state index is 0.240. The minimum absolute atomic E-state index is 0.240. The predicted octanol–water partition coefficient (Wildman–Crippen LogP) is 3.45. The number of benzene rings is 1. The van der Waals surface area contributed by atoms with Crippen LogP contribution in [-0.4, -0.2) is 22.0 Å². The Morgan fingerprint density at radius 3 is 2.68 bits per heavy atom. The molecule has 0 aliphatic rings. The summed E-state index contributed by atoms with van der Waals surface area (Å²) in [6.07, 6.45) is 3.52. The van der Waals surface area contributed by atoms with E-state index < -0.39 is 0 Å². The number of halogens is 1. The highest BCUT2D eigenvalue weighted by Gasteiger charge is 2.12. The van der Waals surface area contributed by atoms with Gasteiger partial charge in [0.25, 0.3) is 0 Å². The van der Waals surface area contributed by atoms with Gasteiger partial charge in [-0.25, -0.2) is 4.98 Å². The molecule has 0 amide bonds. The average Bonchev–Trinajstić information content (AvgIpc) is 2.46. The second-order valence-corrected chi connectivity index (χ2v) is 4.44. The first-order valence-corrected chi connectivity index (χ1v) is 6.19. The first-order valence-electron chi connectivity index (χ1n) is 5.82. The van der Waals surface area contributed by atoms with E-state index in [1.54, 1.807) is 12.4 Å². The van der Waals surface area contributed by atoms with Crippen LogP contribution in [0.2, 0.25) is 5.28 Å². The lowest BCUT2D eigenvalue weighted by Gasteiger charge is -2.19. The molecule has 94 valence electrons. The number of anilines is 2. The van der Waals surface area contributed by atoms with E-state index in [1.165, 1.54) is 0 Å². The zero-order chi connectivity index (χ0) is 13.2. The lowest BCUT2D eigenvalue weighted by atomic mass is 10.2. The molecule has 0 bridgehead atoms. The molecule has 1 aromatic carbocycles. The molecule has 0 fully saturated rings. The van der Waals surface area contributed by atoms with Gasteiger partial charge < -0.3 is 4.90 Å². The summed E-state index contributed by atoms with van der Waals surface area (Å²) in [5, 5.41) is 1.20. The number of pyridine rings is 1. The molecule has 2 aromatic heterocycles. The summed E-state index contributed by atoms with van der Waals surface area (Å²) in [4.78, 5) is 14.6. The Bertz CT molecular complexity index is 715. The standard InChI is InChI=1S/C14H11ClN4/c1-19(10-5-4-8-16-9-10)13-11-6-2-3-7-12(11)17-14(15)18-13/h2-9H,1H3. The van der Waals surface area contributed by atoms with Gasteiger partial charge in [0.05, 0.1) is 17.4 Å². The molecule has 0 aliphatic carbocycles. The lowest BCUT2D eigenvalue weighted by molar-refractivity contribution is 1.10. The van der Waals surface area contributed by atoms with E-state index in [0.717, 1.165) is 22.4 Å². The maximum absolute atomic E-state index is 5.99. The zero-order valence-electron chi connectivity index (χ0n) is 10.3. The quantitative estimate of drug-likeness (QED) is 0.669. The van der Waals surface area contributed by atoms with Crippen LogP contribution in [0.5, 0.6) is 0 Å². The van der Waals surface area contributed by atoms with Gasteiger partial charge in [-0.05, 0) is 35.9 Å². The number of nitrogens with zero attached hydrogens (tertiary/aromatic N) is 4. The van der Waals surface area contributed by atoms with Crippen LogP contribution in [0, 0.1) is 0 Å². The van der Waals surface area contributed by atoms with Crippen molar-refractivity contribution in [2.75, 3.05) is 11.9 Å². The van der Waals surface area contributed by atoms with Crippen molar-refractivity contribution in [1.29, 1.82) is 0 Å². The van der Waals surface area contributed by atoms with Gasteiger partial charge >= 0.3 is 0 Å². The molecular weight excluding hydrogens is 260 g/mol. The minimum Gasteiger partial charge on any atom is -0.327 e. The summed E-state index contributed by atoms with van der Waals surface area (Å²) in [6.45, 7) is 0. The number of hydrogen-bond donors (Lipinski definition) is 0. The van der Waals surface area contributed by atoms with E-state index in [-0.39, 0.29) is 5.28 Å². The van der Waals surface area contributed by atoms with E-state index in [9.17, 15) is 0 Å². The van der Waals surface area contributed by atoms with E-state index in [0.29, 0.717) is 0 Å². The molecule has 2 heterocycles. The number of aromatic nitrogens is 3. The van der Waals surface area contributed by atoms with Gasteiger partial charge in [-0.3, -0.25) is 4.98 Å². The largest absolute Gasteiger partial charge is 0.327 e. The molecule has 0 N–H and O–H groups in total. The molecule has 0 saturated heterocycles. The fourth-order valence-electron chi connectivity index (χ4n) is 1.96. The van der Waals surface area contributed by atoms with Crippen LogP contribution in [0.15, 0.2) is 48.8 Å². The van der Waals surface area contributed by atoms with Crippen molar-refractivity contribution in [2.24, 2.45) is 0 Å². The summed E-state index contributed by atoms with van der Waals surface area (Å²) in [6, 6.07) is 11.6. The summed E-state index contributed by atoms with van der Waals surface area (Å²) < 4.78 is 0. The zero-order valence-corrected chi connectivity index (χ0v) is 11.0. The highest BCUT2D eigenvalue weighted by molar-refractivity contribution is 6.28. The molecular formula is C14H11ClN4. The molecule has 0 atom stereocenters. The highest BCUT2D eigenvalue weighted by Crippen LogP contribution is 2.28. The molecule has 0 spiro atoms. The van der Waals surface area contributed by atoms with Crippen LogP contribution >= 0.6 is 11.6 Å². The molecule has 0 unspecified atom stereocenters. The van der Waals surface area contributed by atoms with E-state index >= 15 is 0 Å². The van der Waals surface area contributed by atoms with Crippen LogP contribution in [0.4, 0.5) is 11.5 Å². The smallest absolute Gasteiger partial charge is 0.224 e. The van der Waals surface area contributed by atoms with Crippen molar-refractivity contribution >= 4 is 34.0 Å². The third kappa shape index (κ3) is 2.22. The number of rotatable bonds is 2. The fourth-order valence-corrected chi connectivity index (χ4v) is 2.13. The third-order valence-electron chi connectivity index (χ3n) is 2.91. The monoisotopic (exact) mass is 270 g/mol. The van der Waals surface area contributed by atoms with Crippen molar-refractivity contribution in [3.05, 3.63) is 54.1 Å². The second-order valence-electron chi connectivity index (χ2n) is 4.10. The molecule has 19 heavy (non-hydrogen) atoms. The molecule has 5 heteroatoms. The molecule has 3 rings (SSSR count). The predicted molar refractivity (Wildman–Crippen MR) is 76.8 cm³/mol. The van der Waals surface area contributed by atoms with Crippen LogP contribution in [0.25, 0.3) is 10.9 Å².